The fourth-order valence-electron chi connectivity index (χ4n) is 2.33. The van der Waals surface area contributed by atoms with Gasteiger partial charge in [0.1, 0.15) is 6.04 Å². The van der Waals surface area contributed by atoms with Gasteiger partial charge in [-0.3, -0.25) is 4.79 Å². The first kappa shape index (κ1) is 13.8. The van der Waals surface area contributed by atoms with E-state index in [4.69, 9.17) is 5.73 Å². The maximum Gasteiger partial charge on any atom is 0.346 e. The highest BCUT2D eigenvalue weighted by Gasteiger charge is 2.48. The highest BCUT2D eigenvalue weighted by Crippen LogP contribution is 2.31. The molecule has 0 aromatic rings. The fourth-order valence-corrected chi connectivity index (χ4v) is 2.70. The summed E-state index contributed by atoms with van der Waals surface area (Å²) in [5.74, 6) is -0.716. The van der Waals surface area contributed by atoms with Crippen LogP contribution in [0.2, 0.25) is 0 Å². The lowest BCUT2D eigenvalue weighted by atomic mass is 9.97. The summed E-state index contributed by atoms with van der Waals surface area (Å²) in [5, 5.41) is 0.459. The van der Waals surface area contributed by atoms with Crippen LogP contribution in [0.25, 0.3) is 0 Å². The fraction of sp³-hybridized carbons (Fsp3) is 0.556. The molecular formula is C9H12N3O6S-. The van der Waals surface area contributed by atoms with E-state index < -0.39 is 34.4 Å². The Morgan fingerprint density at radius 3 is 2.74 bits per heavy atom. The Balaban J connectivity index is 2.36. The number of rotatable bonds is 4. The summed E-state index contributed by atoms with van der Waals surface area (Å²) in [5.41, 5.74) is 5.83. The molecule has 0 saturated carbocycles. The Hall–Kier alpha value is -1.65. The van der Waals surface area contributed by atoms with Crippen LogP contribution < -0.4 is 5.73 Å². The van der Waals surface area contributed by atoms with Crippen LogP contribution in [0.3, 0.4) is 0 Å². The Labute approximate surface area is 109 Å². The minimum Gasteiger partial charge on any atom is -0.724 e. The van der Waals surface area contributed by atoms with E-state index in [-0.39, 0.29) is 6.54 Å². The number of nitrogens with zero attached hydrogens (tertiary/aromatic N) is 2. The molecule has 2 aliphatic heterocycles. The van der Waals surface area contributed by atoms with Crippen LogP contribution >= 0.6 is 0 Å². The van der Waals surface area contributed by atoms with Crippen molar-refractivity contribution in [1.82, 2.24) is 9.96 Å². The number of primary amides is 1. The largest absolute Gasteiger partial charge is 0.724 e. The Bertz CT molecular complexity index is 556. The summed E-state index contributed by atoms with van der Waals surface area (Å²) in [6, 6.07) is -2.52. The molecule has 2 bridgehead atoms. The maximum atomic E-state index is 11.9. The van der Waals surface area contributed by atoms with E-state index in [0.29, 0.717) is 17.1 Å². The summed E-state index contributed by atoms with van der Waals surface area (Å²) in [6.45, 7) is 1.82. The number of hydroxylamine groups is 2. The third kappa shape index (κ3) is 2.41. The van der Waals surface area contributed by atoms with Gasteiger partial charge in [0.25, 0.3) is 0 Å². The smallest absolute Gasteiger partial charge is 0.346 e. The monoisotopic (exact) mass is 290 g/mol. The average Bonchev–Trinajstić information content (AvgIpc) is 2.52. The predicted octanol–water partition coefficient (Wildman–Crippen LogP) is -1.31. The van der Waals surface area contributed by atoms with Crippen molar-refractivity contribution >= 4 is 22.3 Å². The first-order chi connectivity index (χ1) is 8.74. The van der Waals surface area contributed by atoms with Gasteiger partial charge in [0.15, 0.2) is 0 Å². The first-order valence-electron chi connectivity index (χ1n) is 5.49. The normalized spacial score (nSPS) is 26.6. The molecule has 2 heterocycles. The molecule has 2 atom stereocenters. The van der Waals surface area contributed by atoms with E-state index in [1.807, 2.05) is 0 Å². The van der Waals surface area contributed by atoms with Gasteiger partial charge in [0.05, 0.1) is 12.6 Å². The molecular weight excluding hydrogens is 278 g/mol. The minimum absolute atomic E-state index is 0.0471. The lowest BCUT2D eigenvalue weighted by Gasteiger charge is -2.28. The maximum absolute atomic E-state index is 11.9. The number of hydrogen-bond acceptors (Lipinski definition) is 6. The molecule has 1 saturated heterocycles. The molecule has 0 radical (unpaired) electrons. The molecule has 0 aromatic carbocycles. The molecule has 0 spiro atoms. The van der Waals surface area contributed by atoms with E-state index in [2.05, 4.69) is 4.28 Å². The number of amides is 3. The Kier molecular flexibility index (Phi) is 3.24. The van der Waals surface area contributed by atoms with E-state index >= 15 is 0 Å². The van der Waals surface area contributed by atoms with Crippen LogP contribution in [-0.4, -0.2) is 53.5 Å². The lowest BCUT2D eigenvalue weighted by molar-refractivity contribution is -0.121. The van der Waals surface area contributed by atoms with Crippen molar-refractivity contribution in [2.24, 2.45) is 5.73 Å². The summed E-state index contributed by atoms with van der Waals surface area (Å²) < 4.78 is 35.9. The van der Waals surface area contributed by atoms with Gasteiger partial charge < -0.3 is 15.2 Å². The van der Waals surface area contributed by atoms with Crippen LogP contribution in [0.1, 0.15) is 13.3 Å². The predicted molar refractivity (Wildman–Crippen MR) is 59.9 cm³/mol. The van der Waals surface area contributed by atoms with Crippen molar-refractivity contribution < 1.29 is 26.8 Å². The van der Waals surface area contributed by atoms with Crippen LogP contribution in [0.5, 0.6) is 0 Å². The van der Waals surface area contributed by atoms with Crippen molar-refractivity contribution in [3.05, 3.63) is 11.6 Å². The molecule has 2 aliphatic rings. The molecule has 106 valence electrons. The molecule has 0 unspecified atom stereocenters. The number of carbonyl (C=O) groups excluding carboxylic acids is 2. The van der Waals surface area contributed by atoms with Crippen LogP contribution in [0, 0.1) is 0 Å². The Morgan fingerprint density at radius 1 is 1.63 bits per heavy atom. The van der Waals surface area contributed by atoms with Crippen molar-refractivity contribution in [2.75, 3.05) is 6.54 Å². The summed E-state index contributed by atoms with van der Waals surface area (Å²) in [7, 11) is -5.06. The molecule has 10 heteroatoms. The van der Waals surface area contributed by atoms with Crippen LogP contribution in [0.15, 0.2) is 11.6 Å². The molecule has 2 N–H and O–H groups in total. The third-order valence-corrected chi connectivity index (χ3v) is 3.38. The Morgan fingerprint density at radius 2 is 2.26 bits per heavy atom. The van der Waals surface area contributed by atoms with E-state index in [1.165, 1.54) is 6.08 Å². The second-order valence-corrected chi connectivity index (χ2v) is 5.18. The van der Waals surface area contributed by atoms with Gasteiger partial charge in [-0.1, -0.05) is 13.0 Å². The molecule has 2 rings (SSSR count). The van der Waals surface area contributed by atoms with E-state index in [9.17, 15) is 22.6 Å². The number of urea groups is 1. The lowest BCUT2D eigenvalue weighted by Crippen LogP contribution is -2.48. The summed E-state index contributed by atoms with van der Waals surface area (Å²) >= 11 is 0. The van der Waals surface area contributed by atoms with Crippen LogP contribution in [-0.2, 0) is 19.5 Å². The van der Waals surface area contributed by atoms with Gasteiger partial charge in [-0.05, 0) is 12.0 Å². The van der Waals surface area contributed by atoms with E-state index in [1.54, 1.807) is 6.92 Å². The molecule has 0 aliphatic carbocycles. The molecule has 0 aromatic heterocycles. The molecule has 1 fully saturated rings. The third-order valence-electron chi connectivity index (χ3n) is 3.04. The second-order valence-electron chi connectivity index (χ2n) is 4.21. The number of fused-ring (bicyclic) bond motifs is 2. The van der Waals surface area contributed by atoms with Gasteiger partial charge >= 0.3 is 6.03 Å². The SMILES string of the molecule is CCC1=C[C@@H]2CN(C(=O)N2OS(=O)(=O)[O-])[C@@H]1C(N)=O. The molecule has 3 amide bonds. The topological polar surface area (TPSA) is 133 Å². The zero-order valence-corrected chi connectivity index (χ0v) is 10.8. The number of carbonyl (C=O) groups is 2. The van der Waals surface area contributed by atoms with Gasteiger partial charge in [-0.25, -0.2) is 13.2 Å². The molecule has 19 heavy (non-hydrogen) atoms. The second kappa shape index (κ2) is 4.47. The standard InChI is InChI=1S/C9H13N3O6S/c1-2-5-3-6-4-11(7(5)8(10)13)9(14)12(6)18-19(15,16)17/h3,6-7H,2,4H2,1H3,(H2,10,13)(H,15,16,17)/p-1/t6-,7+/m1/s1. The average molecular weight is 290 g/mol. The summed E-state index contributed by atoms with van der Waals surface area (Å²) in [4.78, 5) is 24.4. The van der Waals surface area contributed by atoms with Crippen molar-refractivity contribution in [2.45, 2.75) is 25.4 Å². The summed E-state index contributed by atoms with van der Waals surface area (Å²) in [6.07, 6.45) is 1.99. The van der Waals surface area contributed by atoms with Gasteiger partial charge in [-0.15, -0.1) is 0 Å². The van der Waals surface area contributed by atoms with Crippen molar-refractivity contribution in [3.8, 4) is 0 Å². The number of nitrogens with two attached hydrogens (primary N) is 1. The van der Waals surface area contributed by atoms with Gasteiger partial charge in [0, 0.05) is 0 Å². The van der Waals surface area contributed by atoms with Crippen molar-refractivity contribution in [3.63, 3.8) is 0 Å². The minimum atomic E-state index is -5.06. The quantitative estimate of drug-likeness (QED) is 0.388. The van der Waals surface area contributed by atoms with E-state index in [0.717, 1.165) is 4.90 Å². The van der Waals surface area contributed by atoms with Crippen molar-refractivity contribution in [1.29, 1.82) is 0 Å². The van der Waals surface area contributed by atoms with Crippen LogP contribution in [0.4, 0.5) is 4.79 Å². The van der Waals surface area contributed by atoms with Gasteiger partial charge in [0.2, 0.25) is 16.3 Å². The highest BCUT2D eigenvalue weighted by atomic mass is 32.3. The first-order valence-corrected chi connectivity index (χ1v) is 6.83. The highest BCUT2D eigenvalue weighted by molar-refractivity contribution is 7.80. The molecule has 9 nitrogen and oxygen atoms in total. The zero-order chi connectivity index (χ0) is 14.4. The zero-order valence-electron chi connectivity index (χ0n) is 9.98. The number of hydrogen-bond donors (Lipinski definition) is 1. The van der Waals surface area contributed by atoms with Gasteiger partial charge in [-0.2, -0.15) is 9.35 Å².